The molecule has 3 saturated heterocycles. The van der Waals surface area contributed by atoms with Gasteiger partial charge in [0.15, 0.2) is 0 Å². The molecule has 0 aromatic rings. The van der Waals surface area contributed by atoms with E-state index in [9.17, 15) is 4.79 Å². The molecule has 4 heteroatoms. The van der Waals surface area contributed by atoms with Gasteiger partial charge in [-0.2, -0.15) is 0 Å². The van der Waals surface area contributed by atoms with Gasteiger partial charge >= 0.3 is 0 Å². The third kappa shape index (κ3) is 2.54. The molecule has 3 atom stereocenters. The Balaban J connectivity index is 1.54. The maximum absolute atomic E-state index is 12.3. The topological polar surface area (TPSA) is 41.6 Å². The summed E-state index contributed by atoms with van der Waals surface area (Å²) in [6.45, 7) is 4.91. The molecule has 3 heterocycles. The van der Waals surface area contributed by atoms with Crippen LogP contribution in [-0.4, -0.2) is 49.7 Å². The summed E-state index contributed by atoms with van der Waals surface area (Å²) in [5, 5.41) is 3.42. The molecule has 3 aliphatic rings. The minimum Gasteiger partial charge on any atom is -0.377 e. The summed E-state index contributed by atoms with van der Waals surface area (Å²) in [6.07, 6.45) is 5.59. The molecular formula is C14H24N2O2. The van der Waals surface area contributed by atoms with Gasteiger partial charge in [0.05, 0.1) is 19.1 Å². The quantitative estimate of drug-likeness (QED) is 0.797. The minimum atomic E-state index is 0.187. The number of hydrogen-bond donors (Lipinski definition) is 1. The van der Waals surface area contributed by atoms with Crippen LogP contribution in [0.2, 0.25) is 0 Å². The number of carbonyl (C=O) groups excluding carboxylic acids is 1. The Labute approximate surface area is 109 Å². The smallest absolute Gasteiger partial charge is 0.225 e. The Morgan fingerprint density at radius 1 is 1.28 bits per heavy atom. The molecule has 0 aromatic heterocycles. The first-order valence-corrected chi connectivity index (χ1v) is 7.44. The second kappa shape index (κ2) is 5.57. The van der Waals surface area contributed by atoms with Gasteiger partial charge in [-0.1, -0.05) is 0 Å². The van der Waals surface area contributed by atoms with Gasteiger partial charge in [-0.15, -0.1) is 0 Å². The second-order valence-corrected chi connectivity index (χ2v) is 5.93. The van der Waals surface area contributed by atoms with Gasteiger partial charge in [-0.05, 0) is 38.1 Å². The van der Waals surface area contributed by atoms with Crippen molar-refractivity contribution < 1.29 is 9.53 Å². The first-order chi connectivity index (χ1) is 8.84. The van der Waals surface area contributed by atoms with Crippen molar-refractivity contribution in [3.05, 3.63) is 0 Å². The van der Waals surface area contributed by atoms with Gasteiger partial charge in [0.25, 0.3) is 0 Å². The molecule has 0 aliphatic carbocycles. The molecule has 0 bridgehead atoms. The Morgan fingerprint density at radius 3 is 2.94 bits per heavy atom. The predicted octanol–water partition coefficient (Wildman–Crippen LogP) is 1.01. The maximum Gasteiger partial charge on any atom is 0.225 e. The van der Waals surface area contributed by atoms with Gasteiger partial charge < -0.3 is 15.0 Å². The zero-order valence-electron chi connectivity index (χ0n) is 11.1. The Kier molecular flexibility index (Phi) is 3.85. The zero-order valence-corrected chi connectivity index (χ0v) is 11.1. The number of carbonyl (C=O) groups is 1. The van der Waals surface area contributed by atoms with E-state index in [-0.39, 0.29) is 6.10 Å². The summed E-state index contributed by atoms with van der Waals surface area (Å²) in [7, 11) is 0. The highest BCUT2D eigenvalue weighted by molar-refractivity contribution is 5.76. The van der Waals surface area contributed by atoms with Crippen molar-refractivity contribution in [1.29, 1.82) is 0 Å². The number of amides is 1. The molecule has 102 valence electrons. The first-order valence-electron chi connectivity index (χ1n) is 7.44. The minimum absolute atomic E-state index is 0.187. The molecule has 0 aromatic carbocycles. The number of hydrogen-bond acceptors (Lipinski definition) is 3. The van der Waals surface area contributed by atoms with Crippen LogP contribution >= 0.6 is 0 Å². The number of rotatable bonds is 2. The summed E-state index contributed by atoms with van der Waals surface area (Å²) in [4.78, 5) is 14.3. The summed E-state index contributed by atoms with van der Waals surface area (Å²) in [5.41, 5.74) is 0. The lowest BCUT2D eigenvalue weighted by Crippen LogP contribution is -2.41. The second-order valence-electron chi connectivity index (χ2n) is 5.93. The summed E-state index contributed by atoms with van der Waals surface area (Å²) in [5.74, 6) is 1.57. The van der Waals surface area contributed by atoms with Crippen molar-refractivity contribution in [2.75, 3.05) is 32.8 Å². The molecule has 3 rings (SSSR count). The van der Waals surface area contributed by atoms with E-state index in [0.29, 0.717) is 24.2 Å². The monoisotopic (exact) mass is 252 g/mol. The Bertz CT molecular complexity index is 302. The highest BCUT2D eigenvalue weighted by atomic mass is 16.5. The van der Waals surface area contributed by atoms with E-state index in [4.69, 9.17) is 4.74 Å². The third-order valence-corrected chi connectivity index (χ3v) is 4.75. The standard InChI is InChI=1S/C14H24N2O2/c17-14(16-6-2-1-3-7-16)8-13-12-4-5-15-9-11(12)10-18-13/h11-13,15H,1-10H2/t11-,12-,13-/m1/s1. The average molecular weight is 252 g/mol. The summed E-state index contributed by atoms with van der Waals surface area (Å²) < 4.78 is 5.87. The molecule has 18 heavy (non-hydrogen) atoms. The SMILES string of the molecule is O=C(C[C@H]1OC[C@H]2CNCC[C@H]21)N1CCCCC1. The number of nitrogens with zero attached hydrogens (tertiary/aromatic N) is 1. The molecule has 3 aliphatic heterocycles. The van der Waals surface area contributed by atoms with E-state index in [1.807, 2.05) is 4.90 Å². The van der Waals surface area contributed by atoms with E-state index in [1.54, 1.807) is 0 Å². The number of likely N-dealkylation sites (tertiary alicyclic amines) is 1. The Morgan fingerprint density at radius 2 is 2.11 bits per heavy atom. The van der Waals surface area contributed by atoms with Crippen LogP contribution in [0.4, 0.5) is 0 Å². The number of ether oxygens (including phenoxy) is 1. The molecule has 0 spiro atoms. The van der Waals surface area contributed by atoms with E-state index in [0.717, 1.165) is 32.8 Å². The molecule has 3 fully saturated rings. The van der Waals surface area contributed by atoms with Crippen LogP contribution in [0.3, 0.4) is 0 Å². The molecule has 1 N–H and O–H groups in total. The lowest BCUT2D eigenvalue weighted by atomic mass is 9.84. The summed E-state index contributed by atoms with van der Waals surface area (Å²) >= 11 is 0. The highest BCUT2D eigenvalue weighted by Crippen LogP contribution is 2.33. The van der Waals surface area contributed by atoms with Crippen molar-refractivity contribution in [2.45, 2.75) is 38.2 Å². The number of fused-ring (bicyclic) bond motifs is 1. The van der Waals surface area contributed by atoms with E-state index in [1.165, 1.54) is 25.7 Å². The van der Waals surface area contributed by atoms with Crippen molar-refractivity contribution in [3.8, 4) is 0 Å². The molecule has 4 nitrogen and oxygen atoms in total. The number of piperidine rings is 2. The van der Waals surface area contributed by atoms with Crippen molar-refractivity contribution in [2.24, 2.45) is 11.8 Å². The van der Waals surface area contributed by atoms with Crippen LogP contribution in [0.1, 0.15) is 32.1 Å². The van der Waals surface area contributed by atoms with Gasteiger partial charge in [0.1, 0.15) is 0 Å². The molecule has 0 saturated carbocycles. The zero-order chi connectivity index (χ0) is 12.4. The average Bonchev–Trinajstić information content (AvgIpc) is 2.83. The lowest BCUT2D eigenvalue weighted by molar-refractivity contribution is -0.134. The van der Waals surface area contributed by atoms with Gasteiger partial charge in [-0.3, -0.25) is 4.79 Å². The number of nitrogens with one attached hydrogen (secondary N) is 1. The van der Waals surface area contributed by atoms with Crippen LogP contribution in [-0.2, 0) is 9.53 Å². The Hall–Kier alpha value is -0.610. The molecule has 0 unspecified atom stereocenters. The highest BCUT2D eigenvalue weighted by Gasteiger charge is 2.39. The van der Waals surface area contributed by atoms with Crippen LogP contribution in [0.25, 0.3) is 0 Å². The van der Waals surface area contributed by atoms with E-state index < -0.39 is 0 Å². The van der Waals surface area contributed by atoms with Crippen LogP contribution in [0.15, 0.2) is 0 Å². The third-order valence-electron chi connectivity index (χ3n) is 4.75. The van der Waals surface area contributed by atoms with Crippen LogP contribution in [0.5, 0.6) is 0 Å². The van der Waals surface area contributed by atoms with Crippen molar-refractivity contribution in [1.82, 2.24) is 10.2 Å². The van der Waals surface area contributed by atoms with Gasteiger partial charge in [-0.25, -0.2) is 0 Å². The van der Waals surface area contributed by atoms with Crippen LogP contribution < -0.4 is 5.32 Å². The molecular weight excluding hydrogens is 228 g/mol. The normalized spacial score (nSPS) is 36.4. The summed E-state index contributed by atoms with van der Waals surface area (Å²) in [6, 6.07) is 0. The molecule has 1 amide bonds. The van der Waals surface area contributed by atoms with E-state index in [2.05, 4.69) is 5.32 Å². The van der Waals surface area contributed by atoms with Gasteiger partial charge in [0, 0.05) is 25.6 Å². The fraction of sp³-hybridized carbons (Fsp3) is 0.929. The maximum atomic E-state index is 12.3. The first kappa shape index (κ1) is 12.4. The fourth-order valence-corrected chi connectivity index (χ4v) is 3.64. The largest absolute Gasteiger partial charge is 0.377 e. The van der Waals surface area contributed by atoms with Crippen molar-refractivity contribution in [3.63, 3.8) is 0 Å². The molecule has 0 radical (unpaired) electrons. The van der Waals surface area contributed by atoms with Crippen LogP contribution in [0, 0.1) is 11.8 Å². The van der Waals surface area contributed by atoms with Crippen molar-refractivity contribution >= 4 is 5.91 Å². The lowest BCUT2D eigenvalue weighted by Gasteiger charge is -2.30. The van der Waals surface area contributed by atoms with E-state index >= 15 is 0 Å². The predicted molar refractivity (Wildman–Crippen MR) is 69.3 cm³/mol. The van der Waals surface area contributed by atoms with Gasteiger partial charge in [0.2, 0.25) is 5.91 Å². The fourth-order valence-electron chi connectivity index (χ4n) is 3.64.